The lowest BCUT2D eigenvalue weighted by molar-refractivity contribution is -0.144. The first-order valence-electron chi connectivity index (χ1n) is 7.34. The lowest BCUT2D eigenvalue weighted by Crippen LogP contribution is -2.44. The van der Waals surface area contributed by atoms with Crippen LogP contribution in [0.1, 0.15) is 32.1 Å². The molecule has 2 amide bonds. The van der Waals surface area contributed by atoms with Crippen molar-refractivity contribution in [1.82, 2.24) is 4.90 Å². The van der Waals surface area contributed by atoms with Gasteiger partial charge >= 0.3 is 11.8 Å². The van der Waals surface area contributed by atoms with Gasteiger partial charge in [-0.1, -0.05) is 25.3 Å². The lowest BCUT2D eigenvalue weighted by Gasteiger charge is -2.30. The van der Waals surface area contributed by atoms with Crippen LogP contribution in [0.3, 0.4) is 0 Å². The number of rotatable bonds is 3. The summed E-state index contributed by atoms with van der Waals surface area (Å²) in [5.41, 5.74) is 0.560. The number of nitrogens with one attached hydrogen (secondary N) is 1. The number of benzene rings is 1. The molecular formula is C16H22N2O3. The van der Waals surface area contributed by atoms with E-state index in [1.807, 2.05) is 0 Å². The number of hydrogen-bond donors (Lipinski definition) is 1. The number of carbonyl (C=O) groups excluding carboxylic acids is 2. The summed E-state index contributed by atoms with van der Waals surface area (Å²) in [6, 6.07) is 7.15. The van der Waals surface area contributed by atoms with Crippen molar-refractivity contribution in [2.45, 2.75) is 38.1 Å². The zero-order chi connectivity index (χ0) is 15.2. The van der Waals surface area contributed by atoms with Crippen LogP contribution in [-0.2, 0) is 9.59 Å². The number of hydrogen-bond acceptors (Lipinski definition) is 3. The Morgan fingerprint density at radius 3 is 2.62 bits per heavy atom. The molecular weight excluding hydrogens is 268 g/mol. The predicted molar refractivity (Wildman–Crippen MR) is 81.3 cm³/mol. The minimum absolute atomic E-state index is 0.183. The van der Waals surface area contributed by atoms with Gasteiger partial charge in [-0.05, 0) is 25.0 Å². The van der Waals surface area contributed by atoms with E-state index in [0.29, 0.717) is 11.4 Å². The van der Waals surface area contributed by atoms with E-state index >= 15 is 0 Å². The quantitative estimate of drug-likeness (QED) is 0.870. The van der Waals surface area contributed by atoms with E-state index in [1.165, 1.54) is 6.42 Å². The van der Waals surface area contributed by atoms with Crippen LogP contribution in [0.2, 0.25) is 0 Å². The van der Waals surface area contributed by atoms with Crippen molar-refractivity contribution in [3.05, 3.63) is 24.3 Å². The summed E-state index contributed by atoms with van der Waals surface area (Å²) in [6.07, 6.45) is 5.43. The van der Waals surface area contributed by atoms with E-state index < -0.39 is 11.8 Å². The van der Waals surface area contributed by atoms with Crippen LogP contribution in [0.5, 0.6) is 5.75 Å². The van der Waals surface area contributed by atoms with E-state index in [2.05, 4.69) is 5.32 Å². The molecule has 0 radical (unpaired) electrons. The van der Waals surface area contributed by atoms with Crippen LogP contribution in [0.15, 0.2) is 24.3 Å². The lowest BCUT2D eigenvalue weighted by atomic mass is 9.94. The van der Waals surface area contributed by atoms with E-state index in [1.54, 1.807) is 43.3 Å². The normalized spacial score (nSPS) is 15.3. The van der Waals surface area contributed by atoms with Crippen LogP contribution in [0.4, 0.5) is 5.69 Å². The van der Waals surface area contributed by atoms with Crippen LogP contribution in [-0.4, -0.2) is 36.9 Å². The van der Waals surface area contributed by atoms with Gasteiger partial charge in [-0.2, -0.15) is 0 Å². The second-order valence-corrected chi connectivity index (χ2v) is 5.39. The Balaban J connectivity index is 1.96. The maximum Gasteiger partial charge on any atom is 0.313 e. The maximum atomic E-state index is 12.2. The van der Waals surface area contributed by atoms with Crippen LogP contribution in [0, 0.1) is 0 Å². The van der Waals surface area contributed by atoms with Gasteiger partial charge < -0.3 is 15.0 Å². The van der Waals surface area contributed by atoms with E-state index in [0.717, 1.165) is 25.7 Å². The van der Waals surface area contributed by atoms with E-state index in [4.69, 9.17) is 4.74 Å². The van der Waals surface area contributed by atoms with Crippen molar-refractivity contribution in [2.75, 3.05) is 19.5 Å². The zero-order valence-electron chi connectivity index (χ0n) is 12.6. The van der Waals surface area contributed by atoms with Crippen molar-refractivity contribution in [2.24, 2.45) is 0 Å². The van der Waals surface area contributed by atoms with Gasteiger partial charge in [-0.3, -0.25) is 9.59 Å². The summed E-state index contributed by atoms with van der Waals surface area (Å²) in [5, 5.41) is 2.63. The molecule has 0 aliphatic heterocycles. The number of likely N-dealkylation sites (N-methyl/N-ethyl adjacent to an activating group) is 1. The van der Waals surface area contributed by atoms with E-state index in [-0.39, 0.29) is 6.04 Å². The third-order valence-electron chi connectivity index (χ3n) is 3.96. The molecule has 0 unspecified atom stereocenters. The van der Waals surface area contributed by atoms with Crippen molar-refractivity contribution < 1.29 is 14.3 Å². The summed E-state index contributed by atoms with van der Waals surface area (Å²) >= 11 is 0. The summed E-state index contributed by atoms with van der Waals surface area (Å²) < 4.78 is 5.09. The summed E-state index contributed by atoms with van der Waals surface area (Å²) in [4.78, 5) is 25.8. The number of methoxy groups -OCH3 is 1. The molecule has 1 aliphatic carbocycles. The molecule has 21 heavy (non-hydrogen) atoms. The second kappa shape index (κ2) is 7.11. The molecule has 0 bridgehead atoms. The maximum absolute atomic E-state index is 12.2. The third kappa shape index (κ3) is 3.97. The fourth-order valence-electron chi connectivity index (χ4n) is 2.68. The van der Waals surface area contributed by atoms with Gasteiger partial charge in [0, 0.05) is 24.8 Å². The molecule has 1 aromatic carbocycles. The van der Waals surface area contributed by atoms with Gasteiger partial charge in [0.25, 0.3) is 0 Å². The van der Waals surface area contributed by atoms with Crippen LogP contribution >= 0.6 is 0 Å². The molecule has 114 valence electrons. The number of anilines is 1. The highest BCUT2D eigenvalue weighted by atomic mass is 16.5. The van der Waals surface area contributed by atoms with Crippen molar-refractivity contribution in [3.63, 3.8) is 0 Å². The highest BCUT2D eigenvalue weighted by Crippen LogP contribution is 2.22. The molecule has 1 aromatic rings. The molecule has 1 saturated carbocycles. The first-order chi connectivity index (χ1) is 10.1. The predicted octanol–water partition coefficient (Wildman–Crippen LogP) is 2.42. The van der Waals surface area contributed by atoms with Gasteiger partial charge in [-0.25, -0.2) is 0 Å². The molecule has 2 rings (SSSR count). The Bertz CT molecular complexity index is 510. The molecule has 1 N–H and O–H groups in total. The fraction of sp³-hybridized carbons (Fsp3) is 0.500. The standard InChI is InChI=1S/C16H22N2O3/c1-18(13-8-4-3-5-9-13)16(20)15(19)17-12-7-6-10-14(11-12)21-2/h6-7,10-11,13H,3-5,8-9H2,1-2H3,(H,17,19). The Kier molecular flexibility index (Phi) is 5.20. The number of ether oxygens (including phenoxy) is 1. The molecule has 0 atom stereocenters. The number of amides is 2. The minimum atomic E-state index is -0.601. The van der Waals surface area contributed by atoms with E-state index in [9.17, 15) is 9.59 Å². The Morgan fingerprint density at radius 2 is 1.95 bits per heavy atom. The average molecular weight is 290 g/mol. The van der Waals surface area contributed by atoms with Crippen molar-refractivity contribution in [3.8, 4) is 5.75 Å². The number of nitrogens with zero attached hydrogens (tertiary/aromatic N) is 1. The number of carbonyl (C=O) groups is 2. The zero-order valence-corrected chi connectivity index (χ0v) is 12.6. The van der Waals surface area contributed by atoms with Crippen molar-refractivity contribution >= 4 is 17.5 Å². The Hall–Kier alpha value is -2.04. The van der Waals surface area contributed by atoms with Crippen molar-refractivity contribution in [1.29, 1.82) is 0 Å². The topological polar surface area (TPSA) is 58.6 Å². The molecule has 0 aromatic heterocycles. The molecule has 5 heteroatoms. The first kappa shape index (κ1) is 15.4. The molecule has 1 fully saturated rings. The fourth-order valence-corrected chi connectivity index (χ4v) is 2.68. The minimum Gasteiger partial charge on any atom is -0.497 e. The molecule has 1 aliphatic rings. The monoisotopic (exact) mass is 290 g/mol. The Labute approximate surface area is 125 Å². The summed E-state index contributed by atoms with van der Waals surface area (Å²) in [7, 11) is 3.27. The molecule has 0 heterocycles. The van der Waals surface area contributed by atoms with Crippen LogP contribution in [0.25, 0.3) is 0 Å². The van der Waals surface area contributed by atoms with Gasteiger partial charge in [0.1, 0.15) is 5.75 Å². The largest absolute Gasteiger partial charge is 0.497 e. The average Bonchev–Trinajstić information content (AvgIpc) is 2.54. The van der Waals surface area contributed by atoms with Crippen LogP contribution < -0.4 is 10.1 Å². The molecule has 0 spiro atoms. The highest BCUT2D eigenvalue weighted by Gasteiger charge is 2.26. The van der Waals surface area contributed by atoms with Gasteiger partial charge in [0.2, 0.25) is 0 Å². The Morgan fingerprint density at radius 1 is 1.24 bits per heavy atom. The second-order valence-electron chi connectivity index (χ2n) is 5.39. The smallest absolute Gasteiger partial charge is 0.313 e. The van der Waals surface area contributed by atoms with Gasteiger partial charge in [0.05, 0.1) is 7.11 Å². The highest BCUT2D eigenvalue weighted by molar-refractivity contribution is 6.39. The first-order valence-corrected chi connectivity index (χ1v) is 7.34. The molecule has 5 nitrogen and oxygen atoms in total. The third-order valence-corrected chi connectivity index (χ3v) is 3.96. The summed E-state index contributed by atoms with van der Waals surface area (Å²) in [5.74, 6) is -0.443. The van der Waals surface area contributed by atoms with Gasteiger partial charge in [-0.15, -0.1) is 0 Å². The molecule has 0 saturated heterocycles. The SMILES string of the molecule is COc1cccc(NC(=O)C(=O)N(C)C2CCCCC2)c1. The van der Waals surface area contributed by atoms with Gasteiger partial charge in [0.15, 0.2) is 0 Å². The summed E-state index contributed by atoms with van der Waals surface area (Å²) in [6.45, 7) is 0.